The first-order valence-electron chi connectivity index (χ1n) is 4.14. The highest BCUT2D eigenvalue weighted by molar-refractivity contribution is 7.13. The van der Waals surface area contributed by atoms with E-state index < -0.39 is 0 Å². The number of amides is 1. The van der Waals surface area contributed by atoms with Crippen LogP contribution in [-0.2, 0) is 4.79 Å². The lowest BCUT2D eigenvalue weighted by Crippen LogP contribution is -2.10. The van der Waals surface area contributed by atoms with Crippen molar-refractivity contribution < 1.29 is 4.79 Å². The molecule has 0 spiro atoms. The Morgan fingerprint density at radius 3 is 3.00 bits per heavy atom. The zero-order valence-corrected chi connectivity index (χ0v) is 8.52. The molecule has 5 heteroatoms. The minimum Gasteiger partial charge on any atom is -0.323 e. The van der Waals surface area contributed by atoms with Gasteiger partial charge in [0.2, 0.25) is 5.91 Å². The molecule has 3 N–H and O–H groups in total. The van der Waals surface area contributed by atoms with Gasteiger partial charge in [0.05, 0.1) is 5.69 Å². The van der Waals surface area contributed by atoms with E-state index in [-0.39, 0.29) is 11.9 Å². The summed E-state index contributed by atoms with van der Waals surface area (Å²) in [5.74, 6) is -0.0226. The molecule has 1 rings (SSSR count). The maximum absolute atomic E-state index is 11.0. The molecule has 0 bridgehead atoms. The summed E-state index contributed by atoms with van der Waals surface area (Å²) in [5, 5.41) is 5.16. The van der Waals surface area contributed by atoms with Crippen molar-refractivity contribution in [1.82, 2.24) is 4.98 Å². The van der Waals surface area contributed by atoms with Gasteiger partial charge in [-0.15, -0.1) is 11.3 Å². The van der Waals surface area contributed by atoms with Crippen LogP contribution in [0.5, 0.6) is 0 Å². The predicted octanol–water partition coefficient (Wildman–Crippen LogP) is 1.51. The highest BCUT2D eigenvalue weighted by Crippen LogP contribution is 2.18. The Morgan fingerprint density at radius 1 is 1.85 bits per heavy atom. The van der Waals surface area contributed by atoms with Crippen LogP contribution in [0.25, 0.3) is 0 Å². The number of aromatic nitrogens is 1. The first-order chi connectivity index (χ1) is 6.13. The van der Waals surface area contributed by atoms with Crippen LogP contribution in [0.2, 0.25) is 0 Å². The van der Waals surface area contributed by atoms with Crippen molar-refractivity contribution >= 4 is 22.4 Å². The van der Waals surface area contributed by atoms with Crippen LogP contribution >= 0.6 is 11.3 Å². The molecule has 1 atom stereocenters. The van der Waals surface area contributed by atoms with Crippen molar-refractivity contribution in [2.75, 3.05) is 5.32 Å². The fourth-order valence-electron chi connectivity index (χ4n) is 0.760. The molecule has 0 saturated carbocycles. The number of carbonyl (C=O) groups excluding carboxylic acids is 1. The van der Waals surface area contributed by atoms with Gasteiger partial charge in [0, 0.05) is 17.8 Å². The maximum Gasteiger partial charge on any atom is 0.225 e. The Kier molecular flexibility index (Phi) is 3.39. The molecular weight excluding hydrogens is 186 g/mol. The maximum atomic E-state index is 11.0. The van der Waals surface area contributed by atoms with E-state index in [1.807, 2.05) is 12.3 Å². The highest BCUT2D eigenvalue weighted by Gasteiger charge is 2.07. The number of nitrogens with two attached hydrogens (primary N) is 1. The Morgan fingerprint density at radius 2 is 2.54 bits per heavy atom. The van der Waals surface area contributed by atoms with E-state index >= 15 is 0 Å². The molecule has 0 aliphatic carbocycles. The standard InChI is InChI=1S/C8H13N3OS/c1-3-7(12)11-8-10-6(4-13-8)5(2)9/h4-5H,3,9H2,1-2H3,(H,10,11,12). The molecule has 1 aromatic heterocycles. The van der Waals surface area contributed by atoms with E-state index in [4.69, 9.17) is 5.73 Å². The van der Waals surface area contributed by atoms with Crippen molar-refractivity contribution in [2.24, 2.45) is 5.73 Å². The number of hydrogen-bond acceptors (Lipinski definition) is 4. The van der Waals surface area contributed by atoms with E-state index in [9.17, 15) is 4.79 Å². The Labute approximate surface area is 81.2 Å². The van der Waals surface area contributed by atoms with E-state index in [1.165, 1.54) is 11.3 Å². The second kappa shape index (κ2) is 4.34. The molecule has 0 aliphatic rings. The third-order valence-corrected chi connectivity index (χ3v) is 2.33. The third kappa shape index (κ3) is 2.78. The highest BCUT2D eigenvalue weighted by atomic mass is 32.1. The molecule has 4 nitrogen and oxygen atoms in total. The van der Waals surface area contributed by atoms with Crippen molar-refractivity contribution in [2.45, 2.75) is 26.3 Å². The fraction of sp³-hybridized carbons (Fsp3) is 0.500. The number of rotatable bonds is 3. The lowest BCUT2D eigenvalue weighted by Gasteiger charge is -1.98. The topological polar surface area (TPSA) is 68.0 Å². The van der Waals surface area contributed by atoms with Crippen LogP contribution in [0.3, 0.4) is 0 Å². The summed E-state index contributed by atoms with van der Waals surface area (Å²) in [6.45, 7) is 3.66. The molecular formula is C8H13N3OS. The lowest BCUT2D eigenvalue weighted by molar-refractivity contribution is -0.115. The van der Waals surface area contributed by atoms with Gasteiger partial charge in [0.1, 0.15) is 0 Å². The van der Waals surface area contributed by atoms with Gasteiger partial charge in [0.15, 0.2) is 5.13 Å². The van der Waals surface area contributed by atoms with E-state index in [2.05, 4.69) is 10.3 Å². The zero-order chi connectivity index (χ0) is 9.84. The molecule has 1 heterocycles. The van der Waals surface area contributed by atoms with Crippen molar-refractivity contribution in [3.05, 3.63) is 11.1 Å². The molecule has 1 amide bonds. The second-order valence-electron chi connectivity index (χ2n) is 2.77. The molecule has 1 aromatic rings. The monoisotopic (exact) mass is 199 g/mol. The van der Waals surface area contributed by atoms with Gasteiger partial charge in [0.25, 0.3) is 0 Å². The average molecular weight is 199 g/mol. The van der Waals surface area contributed by atoms with Gasteiger partial charge < -0.3 is 11.1 Å². The molecule has 0 aromatic carbocycles. The normalized spacial score (nSPS) is 12.5. The number of hydrogen-bond donors (Lipinski definition) is 2. The quantitative estimate of drug-likeness (QED) is 0.775. The fourth-order valence-corrected chi connectivity index (χ4v) is 1.59. The Hall–Kier alpha value is -0.940. The number of nitrogens with one attached hydrogen (secondary N) is 1. The van der Waals surface area contributed by atoms with Crippen LogP contribution in [0.15, 0.2) is 5.38 Å². The summed E-state index contributed by atoms with van der Waals surface area (Å²) in [5.41, 5.74) is 6.44. The van der Waals surface area contributed by atoms with Crippen molar-refractivity contribution in [3.63, 3.8) is 0 Å². The summed E-state index contributed by atoms with van der Waals surface area (Å²) >= 11 is 1.40. The molecule has 1 unspecified atom stereocenters. The Bertz CT molecular complexity index is 295. The summed E-state index contributed by atoms with van der Waals surface area (Å²) in [6.07, 6.45) is 0.465. The minimum atomic E-state index is -0.0801. The van der Waals surface area contributed by atoms with Gasteiger partial charge in [-0.2, -0.15) is 0 Å². The van der Waals surface area contributed by atoms with Crippen LogP contribution < -0.4 is 11.1 Å². The van der Waals surface area contributed by atoms with Crippen LogP contribution in [0.1, 0.15) is 32.0 Å². The van der Waals surface area contributed by atoms with Crippen LogP contribution in [0, 0.1) is 0 Å². The molecule has 0 saturated heterocycles. The third-order valence-electron chi connectivity index (χ3n) is 1.56. The van der Waals surface area contributed by atoms with Gasteiger partial charge in [-0.3, -0.25) is 4.79 Å². The Balaban J connectivity index is 2.64. The number of anilines is 1. The number of carbonyl (C=O) groups is 1. The molecule has 0 aliphatic heterocycles. The van der Waals surface area contributed by atoms with Crippen molar-refractivity contribution in [1.29, 1.82) is 0 Å². The van der Waals surface area contributed by atoms with Crippen LogP contribution in [0.4, 0.5) is 5.13 Å². The molecule has 0 fully saturated rings. The number of nitrogens with zero attached hydrogens (tertiary/aromatic N) is 1. The van der Waals surface area contributed by atoms with Gasteiger partial charge >= 0.3 is 0 Å². The van der Waals surface area contributed by atoms with Crippen molar-refractivity contribution in [3.8, 4) is 0 Å². The first kappa shape index (κ1) is 10.1. The van der Waals surface area contributed by atoms with E-state index in [1.54, 1.807) is 6.92 Å². The summed E-state index contributed by atoms with van der Waals surface area (Å²) < 4.78 is 0. The molecule has 72 valence electrons. The summed E-state index contributed by atoms with van der Waals surface area (Å²) in [7, 11) is 0. The van der Waals surface area contributed by atoms with Gasteiger partial charge in [-0.05, 0) is 6.92 Å². The number of thiazole rings is 1. The zero-order valence-electron chi connectivity index (χ0n) is 7.70. The SMILES string of the molecule is CCC(=O)Nc1nc(C(C)N)cs1. The second-order valence-corrected chi connectivity index (χ2v) is 3.63. The lowest BCUT2D eigenvalue weighted by atomic mass is 10.3. The average Bonchev–Trinajstić information content (AvgIpc) is 2.52. The van der Waals surface area contributed by atoms with Gasteiger partial charge in [-0.1, -0.05) is 6.92 Å². The molecule has 0 radical (unpaired) electrons. The predicted molar refractivity (Wildman–Crippen MR) is 53.6 cm³/mol. The summed E-state index contributed by atoms with van der Waals surface area (Å²) in [6, 6.07) is -0.0801. The first-order valence-corrected chi connectivity index (χ1v) is 5.02. The summed E-state index contributed by atoms with van der Waals surface area (Å²) in [4.78, 5) is 15.1. The van der Waals surface area contributed by atoms with E-state index in [0.717, 1.165) is 5.69 Å². The molecule has 13 heavy (non-hydrogen) atoms. The largest absolute Gasteiger partial charge is 0.323 e. The van der Waals surface area contributed by atoms with E-state index in [0.29, 0.717) is 11.6 Å². The minimum absolute atomic E-state index is 0.0226. The van der Waals surface area contributed by atoms with Crippen LogP contribution in [-0.4, -0.2) is 10.9 Å². The smallest absolute Gasteiger partial charge is 0.225 e. The van der Waals surface area contributed by atoms with Gasteiger partial charge in [-0.25, -0.2) is 4.98 Å².